The average molecular weight is 236 g/mol. The Morgan fingerprint density at radius 2 is 2.35 bits per heavy atom. The van der Waals surface area contributed by atoms with Gasteiger partial charge in [-0.1, -0.05) is 5.16 Å². The molecule has 0 spiro atoms. The van der Waals surface area contributed by atoms with Gasteiger partial charge in [0, 0.05) is 6.61 Å². The van der Waals surface area contributed by atoms with E-state index < -0.39 is 6.10 Å². The van der Waals surface area contributed by atoms with Crippen LogP contribution >= 0.6 is 0 Å². The van der Waals surface area contributed by atoms with Crippen LogP contribution in [0.1, 0.15) is 18.2 Å². The van der Waals surface area contributed by atoms with Crippen LogP contribution in [0, 0.1) is 0 Å². The SMILES string of the molecule is OC1CCOCC1c1nc(-c2ccco2)no1. The van der Waals surface area contributed by atoms with Crippen LogP contribution in [0.25, 0.3) is 11.6 Å². The van der Waals surface area contributed by atoms with Crippen molar-refractivity contribution in [3.05, 3.63) is 24.3 Å². The summed E-state index contributed by atoms with van der Waals surface area (Å²) in [5, 5.41) is 13.7. The Kier molecular flexibility index (Phi) is 2.66. The number of aromatic nitrogens is 2. The summed E-state index contributed by atoms with van der Waals surface area (Å²) < 4.78 is 15.6. The summed E-state index contributed by atoms with van der Waals surface area (Å²) >= 11 is 0. The Balaban J connectivity index is 1.84. The van der Waals surface area contributed by atoms with Crippen LogP contribution < -0.4 is 0 Å². The van der Waals surface area contributed by atoms with E-state index >= 15 is 0 Å². The van der Waals surface area contributed by atoms with E-state index in [9.17, 15) is 5.11 Å². The van der Waals surface area contributed by atoms with Crippen LogP contribution in [0.5, 0.6) is 0 Å². The van der Waals surface area contributed by atoms with Crippen molar-refractivity contribution in [2.45, 2.75) is 18.4 Å². The van der Waals surface area contributed by atoms with Crippen molar-refractivity contribution in [1.82, 2.24) is 10.1 Å². The molecule has 1 aliphatic rings. The Morgan fingerprint density at radius 1 is 1.41 bits per heavy atom. The van der Waals surface area contributed by atoms with Crippen molar-refractivity contribution in [2.24, 2.45) is 0 Å². The second-order valence-electron chi connectivity index (χ2n) is 3.97. The molecule has 90 valence electrons. The standard InChI is InChI=1S/C11H12N2O4/c14-8-3-5-15-6-7(8)11-12-10(13-17-11)9-2-1-4-16-9/h1-2,4,7-8,14H,3,5-6H2. The topological polar surface area (TPSA) is 81.5 Å². The molecular formula is C11H12N2O4. The first-order chi connectivity index (χ1) is 8.34. The Morgan fingerprint density at radius 3 is 3.12 bits per heavy atom. The van der Waals surface area contributed by atoms with E-state index in [0.29, 0.717) is 37.1 Å². The molecule has 17 heavy (non-hydrogen) atoms. The monoisotopic (exact) mass is 236 g/mol. The third kappa shape index (κ3) is 1.96. The fourth-order valence-electron chi connectivity index (χ4n) is 1.85. The number of aliphatic hydroxyl groups is 1. The zero-order chi connectivity index (χ0) is 11.7. The zero-order valence-electron chi connectivity index (χ0n) is 9.07. The second kappa shape index (κ2) is 4.31. The molecule has 0 bridgehead atoms. The van der Waals surface area contributed by atoms with Crippen LogP contribution in [0.4, 0.5) is 0 Å². The van der Waals surface area contributed by atoms with Gasteiger partial charge in [0.2, 0.25) is 11.7 Å². The van der Waals surface area contributed by atoms with Crippen molar-refractivity contribution in [2.75, 3.05) is 13.2 Å². The Hall–Kier alpha value is -1.66. The first-order valence-electron chi connectivity index (χ1n) is 5.48. The fraction of sp³-hybridized carbons (Fsp3) is 0.455. The van der Waals surface area contributed by atoms with Crippen molar-refractivity contribution >= 4 is 0 Å². The molecule has 0 aromatic carbocycles. The van der Waals surface area contributed by atoms with Gasteiger partial charge in [0.05, 0.1) is 24.9 Å². The number of aliphatic hydroxyl groups excluding tert-OH is 1. The van der Waals surface area contributed by atoms with Gasteiger partial charge < -0.3 is 18.8 Å². The highest BCUT2D eigenvalue weighted by atomic mass is 16.5. The van der Waals surface area contributed by atoms with E-state index in [1.165, 1.54) is 0 Å². The van der Waals surface area contributed by atoms with Crippen LogP contribution in [-0.4, -0.2) is 34.6 Å². The maximum absolute atomic E-state index is 9.83. The maximum Gasteiger partial charge on any atom is 0.238 e. The summed E-state index contributed by atoms with van der Waals surface area (Å²) in [7, 11) is 0. The van der Waals surface area contributed by atoms with Gasteiger partial charge in [-0.3, -0.25) is 0 Å². The molecule has 3 heterocycles. The van der Waals surface area contributed by atoms with Crippen LogP contribution in [0.3, 0.4) is 0 Å². The lowest BCUT2D eigenvalue weighted by Crippen LogP contribution is -2.30. The molecular weight excluding hydrogens is 224 g/mol. The first-order valence-corrected chi connectivity index (χ1v) is 5.48. The molecule has 0 saturated carbocycles. The highest BCUT2D eigenvalue weighted by Crippen LogP contribution is 2.26. The first kappa shape index (κ1) is 10.5. The third-order valence-corrected chi connectivity index (χ3v) is 2.82. The molecule has 1 aliphatic heterocycles. The normalized spacial score (nSPS) is 25.0. The number of rotatable bonds is 2. The minimum absolute atomic E-state index is 0.250. The summed E-state index contributed by atoms with van der Waals surface area (Å²) in [5.74, 6) is 1.08. The van der Waals surface area contributed by atoms with Crippen LogP contribution in [-0.2, 0) is 4.74 Å². The lowest BCUT2D eigenvalue weighted by atomic mass is 9.99. The minimum atomic E-state index is -0.492. The summed E-state index contributed by atoms with van der Waals surface area (Å²) in [6.45, 7) is 0.970. The number of ether oxygens (including phenoxy) is 1. The summed E-state index contributed by atoms with van der Waals surface area (Å²) in [4.78, 5) is 4.22. The molecule has 2 unspecified atom stereocenters. The van der Waals surface area contributed by atoms with Gasteiger partial charge in [0.25, 0.3) is 0 Å². The van der Waals surface area contributed by atoms with Crippen LogP contribution in [0.15, 0.2) is 27.3 Å². The molecule has 1 N–H and O–H groups in total. The van der Waals surface area contributed by atoms with Gasteiger partial charge in [0.15, 0.2) is 5.76 Å². The molecule has 1 fully saturated rings. The predicted molar refractivity (Wildman–Crippen MR) is 56.2 cm³/mol. The predicted octanol–water partition coefficient (Wildman–Crippen LogP) is 1.19. The molecule has 6 heteroatoms. The van der Waals surface area contributed by atoms with Gasteiger partial charge >= 0.3 is 0 Å². The summed E-state index contributed by atoms with van der Waals surface area (Å²) in [5.41, 5.74) is 0. The number of furan rings is 1. The molecule has 3 rings (SSSR count). The van der Waals surface area contributed by atoms with E-state index in [4.69, 9.17) is 13.7 Å². The Labute approximate surface area is 97.2 Å². The van der Waals surface area contributed by atoms with Gasteiger partial charge in [-0.2, -0.15) is 4.98 Å². The maximum atomic E-state index is 9.83. The largest absolute Gasteiger partial charge is 0.461 e. The Bertz CT molecular complexity index is 479. The van der Waals surface area contributed by atoms with Crippen LogP contribution in [0.2, 0.25) is 0 Å². The van der Waals surface area contributed by atoms with Gasteiger partial charge in [0.1, 0.15) is 0 Å². The number of hydrogen-bond donors (Lipinski definition) is 1. The molecule has 6 nitrogen and oxygen atoms in total. The summed E-state index contributed by atoms with van der Waals surface area (Å²) in [6.07, 6.45) is 1.64. The lowest BCUT2D eigenvalue weighted by molar-refractivity contribution is -0.0149. The van der Waals surface area contributed by atoms with Crippen molar-refractivity contribution in [1.29, 1.82) is 0 Å². The smallest absolute Gasteiger partial charge is 0.238 e. The van der Waals surface area contributed by atoms with E-state index in [1.54, 1.807) is 18.4 Å². The van der Waals surface area contributed by atoms with E-state index in [1.807, 2.05) is 0 Å². The van der Waals surface area contributed by atoms with E-state index in [2.05, 4.69) is 10.1 Å². The van der Waals surface area contributed by atoms with E-state index in [0.717, 1.165) is 0 Å². The minimum Gasteiger partial charge on any atom is -0.461 e. The van der Waals surface area contributed by atoms with Crippen molar-refractivity contribution in [3.63, 3.8) is 0 Å². The highest BCUT2D eigenvalue weighted by molar-refractivity contribution is 5.44. The molecule has 0 aliphatic carbocycles. The molecule has 2 atom stereocenters. The van der Waals surface area contributed by atoms with Gasteiger partial charge in [-0.15, -0.1) is 0 Å². The van der Waals surface area contributed by atoms with Crippen molar-refractivity contribution < 1.29 is 18.8 Å². The highest BCUT2D eigenvalue weighted by Gasteiger charge is 2.30. The quantitative estimate of drug-likeness (QED) is 0.843. The number of nitrogens with zero attached hydrogens (tertiary/aromatic N) is 2. The molecule has 0 radical (unpaired) electrons. The van der Waals surface area contributed by atoms with Gasteiger partial charge in [-0.25, -0.2) is 0 Å². The lowest BCUT2D eigenvalue weighted by Gasteiger charge is -2.24. The van der Waals surface area contributed by atoms with E-state index in [-0.39, 0.29) is 5.92 Å². The summed E-state index contributed by atoms with van der Waals surface area (Å²) in [6, 6.07) is 3.51. The average Bonchev–Trinajstić information content (AvgIpc) is 3.00. The number of hydrogen-bond acceptors (Lipinski definition) is 6. The fourth-order valence-corrected chi connectivity index (χ4v) is 1.85. The van der Waals surface area contributed by atoms with Gasteiger partial charge in [-0.05, 0) is 18.6 Å². The van der Waals surface area contributed by atoms with Crippen molar-refractivity contribution in [3.8, 4) is 11.6 Å². The molecule has 0 amide bonds. The molecule has 1 saturated heterocycles. The molecule has 2 aromatic heterocycles. The third-order valence-electron chi connectivity index (χ3n) is 2.82. The second-order valence-corrected chi connectivity index (χ2v) is 3.97. The molecule has 2 aromatic rings. The zero-order valence-corrected chi connectivity index (χ0v) is 9.07.